The highest BCUT2D eigenvalue weighted by Gasteiger charge is 2.28. The van der Waals surface area contributed by atoms with Gasteiger partial charge in [-0.05, 0) is 67.6 Å². The van der Waals surface area contributed by atoms with E-state index in [0.717, 1.165) is 8.78 Å². The molecule has 0 spiro atoms. The Bertz CT molecular complexity index is 1370. The molecule has 0 saturated carbocycles. The molecule has 11 heteroatoms. The summed E-state index contributed by atoms with van der Waals surface area (Å²) in [6.07, 6.45) is 0. The average Bonchev–Trinajstić information content (AvgIpc) is 2.93. The maximum absolute atomic E-state index is 13.7. The molecule has 3 aromatic carbocycles. The number of anilines is 2. The first-order valence-corrected chi connectivity index (χ1v) is 14.3. The lowest BCUT2D eigenvalue weighted by atomic mass is 10.1. The Hall–Kier alpha value is -3.41. The van der Waals surface area contributed by atoms with Crippen molar-refractivity contribution in [1.29, 1.82) is 0 Å². The maximum Gasteiger partial charge on any atom is 0.264 e. The second-order valence-corrected chi connectivity index (χ2v) is 11.2. The van der Waals surface area contributed by atoms with E-state index in [2.05, 4.69) is 21.2 Å². The second kappa shape index (κ2) is 12.4. The Morgan fingerprint density at radius 1 is 1.00 bits per heavy atom. The van der Waals surface area contributed by atoms with Crippen LogP contribution in [-0.4, -0.2) is 64.6 Å². The van der Waals surface area contributed by atoms with Crippen molar-refractivity contribution in [3.63, 3.8) is 0 Å². The predicted molar refractivity (Wildman–Crippen MR) is 148 cm³/mol. The molecule has 0 aromatic heterocycles. The molecule has 2 amide bonds. The van der Waals surface area contributed by atoms with Crippen LogP contribution in [0.4, 0.5) is 11.4 Å². The minimum atomic E-state index is -4.11. The normalized spacial score (nSPS) is 13.6. The van der Waals surface area contributed by atoms with Crippen LogP contribution < -0.4 is 14.4 Å². The third-order valence-electron chi connectivity index (χ3n) is 5.85. The lowest BCUT2D eigenvalue weighted by Crippen LogP contribution is -2.41. The standard InChI is InChI=1S/C27H28BrN3O6S/c1-2-37-22-11-9-21(10-12-22)31(38(34,35)23-13-7-20(28)8-14-23)19-26(32)29-25-6-4-3-5-24(25)27(33)30-15-17-36-18-16-30/h3-14H,2,15-19H2,1H3,(H,29,32). The molecule has 1 aliphatic rings. The lowest BCUT2D eigenvalue weighted by Gasteiger charge is -2.28. The van der Waals surface area contributed by atoms with Gasteiger partial charge in [0.2, 0.25) is 5.91 Å². The molecule has 1 saturated heterocycles. The molecule has 0 aliphatic carbocycles. The van der Waals surface area contributed by atoms with E-state index in [1.54, 1.807) is 65.6 Å². The fourth-order valence-electron chi connectivity index (χ4n) is 3.96. The smallest absolute Gasteiger partial charge is 0.264 e. The van der Waals surface area contributed by atoms with E-state index >= 15 is 0 Å². The van der Waals surface area contributed by atoms with E-state index in [1.807, 2.05) is 6.92 Å². The molecule has 0 bridgehead atoms. The van der Waals surface area contributed by atoms with Crippen LogP contribution in [0.5, 0.6) is 5.75 Å². The number of morpholine rings is 1. The molecule has 200 valence electrons. The molecule has 1 N–H and O–H groups in total. The van der Waals surface area contributed by atoms with Crippen molar-refractivity contribution in [2.45, 2.75) is 11.8 Å². The van der Waals surface area contributed by atoms with Crippen molar-refractivity contribution < 1.29 is 27.5 Å². The van der Waals surface area contributed by atoms with E-state index < -0.39 is 22.5 Å². The summed E-state index contributed by atoms with van der Waals surface area (Å²) in [5, 5.41) is 2.74. The molecule has 38 heavy (non-hydrogen) atoms. The SMILES string of the molecule is CCOc1ccc(N(CC(=O)Nc2ccccc2C(=O)N2CCOCC2)S(=O)(=O)c2ccc(Br)cc2)cc1. The van der Waals surface area contributed by atoms with Crippen molar-refractivity contribution in [3.8, 4) is 5.75 Å². The van der Waals surface area contributed by atoms with Crippen molar-refractivity contribution in [2.24, 2.45) is 0 Å². The highest BCUT2D eigenvalue weighted by atomic mass is 79.9. The molecule has 9 nitrogen and oxygen atoms in total. The van der Waals surface area contributed by atoms with Crippen LogP contribution in [-0.2, 0) is 19.6 Å². The lowest BCUT2D eigenvalue weighted by molar-refractivity contribution is -0.114. The number of hydrogen-bond donors (Lipinski definition) is 1. The fraction of sp³-hybridized carbons (Fsp3) is 0.259. The van der Waals surface area contributed by atoms with Gasteiger partial charge >= 0.3 is 0 Å². The molecular weight excluding hydrogens is 574 g/mol. The largest absolute Gasteiger partial charge is 0.494 e. The number of carbonyl (C=O) groups is 2. The van der Waals surface area contributed by atoms with E-state index in [1.165, 1.54) is 12.1 Å². The molecule has 0 unspecified atom stereocenters. The third kappa shape index (κ3) is 6.53. The Morgan fingerprint density at radius 2 is 1.66 bits per heavy atom. The highest BCUT2D eigenvalue weighted by molar-refractivity contribution is 9.10. The molecule has 1 aliphatic heterocycles. The molecule has 0 atom stereocenters. The zero-order chi connectivity index (χ0) is 27.1. The number of ether oxygens (including phenoxy) is 2. The average molecular weight is 603 g/mol. The number of carbonyl (C=O) groups excluding carboxylic acids is 2. The van der Waals surface area contributed by atoms with Gasteiger partial charge in [-0.3, -0.25) is 13.9 Å². The van der Waals surface area contributed by atoms with Crippen molar-refractivity contribution in [1.82, 2.24) is 4.90 Å². The third-order valence-corrected chi connectivity index (χ3v) is 8.17. The minimum Gasteiger partial charge on any atom is -0.494 e. The first kappa shape index (κ1) is 27.6. The van der Waals surface area contributed by atoms with Crippen molar-refractivity contribution in [2.75, 3.05) is 49.1 Å². The van der Waals surface area contributed by atoms with Crippen molar-refractivity contribution >= 4 is 49.1 Å². The first-order chi connectivity index (χ1) is 18.3. The summed E-state index contributed by atoms with van der Waals surface area (Å²) >= 11 is 3.32. The summed E-state index contributed by atoms with van der Waals surface area (Å²) in [5.41, 5.74) is 0.928. The van der Waals surface area contributed by atoms with Crippen LogP contribution >= 0.6 is 15.9 Å². The first-order valence-electron chi connectivity index (χ1n) is 12.1. The maximum atomic E-state index is 13.7. The highest BCUT2D eigenvalue weighted by Crippen LogP contribution is 2.27. The Morgan fingerprint density at radius 3 is 2.32 bits per heavy atom. The van der Waals surface area contributed by atoms with Gasteiger partial charge in [-0.1, -0.05) is 28.1 Å². The van der Waals surface area contributed by atoms with E-state index in [0.29, 0.717) is 55.6 Å². The van der Waals surface area contributed by atoms with Crippen molar-refractivity contribution in [3.05, 3.63) is 82.8 Å². The van der Waals surface area contributed by atoms with Gasteiger partial charge in [-0.15, -0.1) is 0 Å². The summed E-state index contributed by atoms with van der Waals surface area (Å²) in [4.78, 5) is 28.1. The topological polar surface area (TPSA) is 105 Å². The molecule has 0 radical (unpaired) electrons. The van der Waals surface area contributed by atoms with Crippen LogP contribution in [0, 0.1) is 0 Å². The summed E-state index contributed by atoms with van der Waals surface area (Å²) in [6, 6.07) is 19.3. The quantitative estimate of drug-likeness (QED) is 0.395. The molecule has 1 heterocycles. The van der Waals surface area contributed by atoms with Gasteiger partial charge in [0.15, 0.2) is 0 Å². The summed E-state index contributed by atoms with van der Waals surface area (Å²) in [5.74, 6) is -0.242. The molecule has 4 rings (SSSR count). The monoisotopic (exact) mass is 601 g/mol. The number of nitrogens with zero attached hydrogens (tertiary/aromatic N) is 2. The number of hydrogen-bond acceptors (Lipinski definition) is 6. The summed E-state index contributed by atoms with van der Waals surface area (Å²) in [7, 11) is -4.11. The molecular formula is C27H28BrN3O6S. The molecule has 3 aromatic rings. The van der Waals surface area contributed by atoms with Crippen LogP contribution in [0.1, 0.15) is 17.3 Å². The summed E-state index contributed by atoms with van der Waals surface area (Å²) in [6.45, 7) is 3.62. The Kier molecular flexibility index (Phi) is 9.03. The zero-order valence-corrected chi connectivity index (χ0v) is 23.2. The number of para-hydroxylation sites is 1. The number of sulfonamides is 1. The minimum absolute atomic E-state index is 0.0327. The fourth-order valence-corrected chi connectivity index (χ4v) is 5.65. The number of amides is 2. The second-order valence-electron chi connectivity index (χ2n) is 8.39. The summed E-state index contributed by atoms with van der Waals surface area (Å²) < 4.78 is 39.9. The van der Waals surface area contributed by atoms with Gasteiger partial charge < -0.3 is 19.7 Å². The van der Waals surface area contributed by atoms with Crippen LogP contribution in [0.3, 0.4) is 0 Å². The number of benzene rings is 3. The van der Waals surface area contributed by atoms with Gasteiger partial charge in [-0.2, -0.15) is 0 Å². The van der Waals surface area contributed by atoms with Crippen LogP contribution in [0.15, 0.2) is 82.2 Å². The van der Waals surface area contributed by atoms with E-state index in [-0.39, 0.29) is 10.8 Å². The number of rotatable bonds is 9. The molecule has 1 fully saturated rings. The van der Waals surface area contributed by atoms with Gasteiger partial charge in [0.25, 0.3) is 15.9 Å². The van der Waals surface area contributed by atoms with Gasteiger partial charge in [-0.25, -0.2) is 8.42 Å². The Balaban J connectivity index is 1.61. The number of nitrogens with one attached hydrogen (secondary N) is 1. The van der Waals surface area contributed by atoms with Crippen LogP contribution in [0.2, 0.25) is 0 Å². The van der Waals surface area contributed by atoms with Gasteiger partial charge in [0.05, 0.1) is 41.7 Å². The van der Waals surface area contributed by atoms with Crippen LogP contribution in [0.25, 0.3) is 0 Å². The predicted octanol–water partition coefficient (Wildman–Crippen LogP) is 4.15. The van der Waals surface area contributed by atoms with E-state index in [4.69, 9.17) is 9.47 Å². The van der Waals surface area contributed by atoms with E-state index in [9.17, 15) is 18.0 Å². The van der Waals surface area contributed by atoms with Gasteiger partial charge in [0, 0.05) is 17.6 Å². The van der Waals surface area contributed by atoms with Gasteiger partial charge in [0.1, 0.15) is 12.3 Å². The number of halogens is 1. The zero-order valence-electron chi connectivity index (χ0n) is 20.8. The Labute approximate surface area is 230 Å².